The summed E-state index contributed by atoms with van der Waals surface area (Å²) in [4.78, 5) is 27.6. The van der Waals surface area contributed by atoms with Crippen LogP contribution in [0.2, 0.25) is 0 Å². The highest BCUT2D eigenvalue weighted by atomic mass is 19.1. The molecule has 2 aromatic rings. The lowest BCUT2D eigenvalue weighted by molar-refractivity contribution is 0.0519. The van der Waals surface area contributed by atoms with Gasteiger partial charge in [0.2, 0.25) is 0 Å². The third-order valence-electron chi connectivity index (χ3n) is 3.08. The van der Waals surface area contributed by atoms with Crippen LogP contribution in [0, 0.1) is 5.82 Å². The Labute approximate surface area is 133 Å². The third-order valence-corrected chi connectivity index (χ3v) is 3.08. The Bertz CT molecular complexity index is 686. The molecule has 0 saturated heterocycles. The predicted molar refractivity (Wildman–Crippen MR) is 82.6 cm³/mol. The summed E-state index contributed by atoms with van der Waals surface area (Å²) in [6, 6.07) is 10.7. The van der Waals surface area contributed by atoms with Crippen molar-refractivity contribution in [3.8, 4) is 0 Å². The molecule has 0 aliphatic heterocycles. The molecule has 6 heteroatoms. The number of ether oxygens (including phenoxy) is 1. The molecule has 0 atom stereocenters. The average Bonchev–Trinajstić information content (AvgIpc) is 2.57. The van der Waals surface area contributed by atoms with Gasteiger partial charge in [-0.15, -0.1) is 0 Å². The zero-order chi connectivity index (χ0) is 16.7. The van der Waals surface area contributed by atoms with Crippen molar-refractivity contribution in [2.24, 2.45) is 0 Å². The smallest absolute Gasteiger partial charge is 0.356 e. The maximum atomic E-state index is 12.8. The van der Waals surface area contributed by atoms with Gasteiger partial charge in [0, 0.05) is 6.54 Å². The van der Waals surface area contributed by atoms with E-state index in [4.69, 9.17) is 4.74 Å². The summed E-state index contributed by atoms with van der Waals surface area (Å²) in [5.41, 5.74) is 1.16. The summed E-state index contributed by atoms with van der Waals surface area (Å²) in [5.74, 6) is -1.23. The van der Waals surface area contributed by atoms with Gasteiger partial charge < -0.3 is 10.1 Å². The number of aromatic nitrogens is 1. The van der Waals surface area contributed by atoms with Crippen LogP contribution in [0.5, 0.6) is 0 Å². The number of amides is 1. The van der Waals surface area contributed by atoms with Crippen molar-refractivity contribution in [2.45, 2.75) is 13.3 Å². The number of carbonyl (C=O) groups is 2. The van der Waals surface area contributed by atoms with Gasteiger partial charge in [-0.2, -0.15) is 0 Å². The molecule has 1 amide bonds. The Balaban J connectivity index is 1.91. The summed E-state index contributed by atoms with van der Waals surface area (Å²) < 4.78 is 17.6. The SMILES string of the molecule is CCOC(=O)c1cccc(C(=O)NCCc2ccc(F)cc2)n1. The van der Waals surface area contributed by atoms with Crippen LogP contribution >= 0.6 is 0 Å². The van der Waals surface area contributed by atoms with Crippen LogP contribution in [0.1, 0.15) is 33.5 Å². The molecule has 1 N–H and O–H groups in total. The van der Waals surface area contributed by atoms with Gasteiger partial charge in [-0.3, -0.25) is 4.79 Å². The maximum Gasteiger partial charge on any atom is 0.356 e. The van der Waals surface area contributed by atoms with Crippen LogP contribution in [0.15, 0.2) is 42.5 Å². The van der Waals surface area contributed by atoms with Crippen molar-refractivity contribution < 1.29 is 18.7 Å². The first-order valence-corrected chi connectivity index (χ1v) is 7.27. The molecule has 0 radical (unpaired) electrons. The van der Waals surface area contributed by atoms with E-state index in [0.717, 1.165) is 5.56 Å². The summed E-state index contributed by atoms with van der Waals surface area (Å²) in [7, 11) is 0. The third kappa shape index (κ3) is 4.88. The molecule has 0 bridgehead atoms. The number of hydrogen-bond donors (Lipinski definition) is 1. The number of esters is 1. The van der Waals surface area contributed by atoms with Gasteiger partial charge in [0.1, 0.15) is 17.2 Å². The normalized spacial score (nSPS) is 10.2. The van der Waals surface area contributed by atoms with Crippen LogP contribution in [0.3, 0.4) is 0 Å². The van der Waals surface area contributed by atoms with E-state index in [1.54, 1.807) is 25.1 Å². The van der Waals surface area contributed by atoms with Crippen molar-refractivity contribution in [1.82, 2.24) is 10.3 Å². The highest BCUT2D eigenvalue weighted by Crippen LogP contribution is 2.04. The second-order valence-electron chi connectivity index (χ2n) is 4.76. The lowest BCUT2D eigenvalue weighted by atomic mass is 10.1. The zero-order valence-corrected chi connectivity index (χ0v) is 12.7. The van der Waals surface area contributed by atoms with Gasteiger partial charge in [-0.1, -0.05) is 18.2 Å². The lowest BCUT2D eigenvalue weighted by Crippen LogP contribution is -2.27. The summed E-state index contributed by atoms with van der Waals surface area (Å²) in [5, 5.41) is 2.71. The summed E-state index contributed by atoms with van der Waals surface area (Å²) in [6.45, 7) is 2.33. The number of hydrogen-bond acceptors (Lipinski definition) is 4. The molecule has 2 rings (SSSR count). The Kier molecular flexibility index (Phi) is 5.80. The minimum absolute atomic E-state index is 0.0954. The van der Waals surface area contributed by atoms with Crippen LogP contribution in [-0.4, -0.2) is 30.0 Å². The van der Waals surface area contributed by atoms with Crippen molar-refractivity contribution >= 4 is 11.9 Å². The molecular weight excluding hydrogens is 299 g/mol. The standard InChI is InChI=1S/C17H17FN2O3/c1-2-23-17(22)15-5-3-4-14(20-15)16(21)19-11-10-12-6-8-13(18)9-7-12/h3-9H,2,10-11H2,1H3,(H,19,21). The monoisotopic (exact) mass is 316 g/mol. The lowest BCUT2D eigenvalue weighted by Gasteiger charge is -2.06. The number of rotatable bonds is 6. The minimum Gasteiger partial charge on any atom is -0.461 e. The van der Waals surface area contributed by atoms with Crippen LogP contribution in [-0.2, 0) is 11.2 Å². The largest absolute Gasteiger partial charge is 0.461 e. The fourth-order valence-electron chi connectivity index (χ4n) is 1.94. The fraction of sp³-hybridized carbons (Fsp3) is 0.235. The maximum absolute atomic E-state index is 12.8. The van der Waals surface area contributed by atoms with Crippen molar-refractivity contribution in [3.05, 3.63) is 65.2 Å². The first-order chi connectivity index (χ1) is 11.1. The highest BCUT2D eigenvalue weighted by Gasteiger charge is 2.12. The molecule has 1 heterocycles. The van der Waals surface area contributed by atoms with Gasteiger partial charge >= 0.3 is 5.97 Å². The van der Waals surface area contributed by atoms with E-state index in [2.05, 4.69) is 10.3 Å². The summed E-state index contributed by atoms with van der Waals surface area (Å²) in [6.07, 6.45) is 0.573. The van der Waals surface area contributed by atoms with E-state index in [-0.39, 0.29) is 29.7 Å². The fourth-order valence-corrected chi connectivity index (χ4v) is 1.94. The van der Waals surface area contributed by atoms with E-state index in [0.29, 0.717) is 13.0 Å². The van der Waals surface area contributed by atoms with E-state index < -0.39 is 5.97 Å². The van der Waals surface area contributed by atoms with Gasteiger partial charge in [-0.25, -0.2) is 14.2 Å². The van der Waals surface area contributed by atoms with E-state index in [1.807, 2.05) is 0 Å². The van der Waals surface area contributed by atoms with Gasteiger partial charge in [0.05, 0.1) is 6.61 Å². The highest BCUT2D eigenvalue weighted by molar-refractivity contribution is 5.94. The molecular formula is C17H17FN2O3. The van der Waals surface area contributed by atoms with Crippen molar-refractivity contribution in [3.63, 3.8) is 0 Å². The number of benzene rings is 1. The zero-order valence-electron chi connectivity index (χ0n) is 12.7. The molecule has 0 saturated carbocycles. The molecule has 120 valence electrons. The average molecular weight is 316 g/mol. The molecule has 0 spiro atoms. The molecule has 23 heavy (non-hydrogen) atoms. The van der Waals surface area contributed by atoms with E-state index >= 15 is 0 Å². The first kappa shape index (κ1) is 16.6. The van der Waals surface area contributed by atoms with Crippen LogP contribution in [0.25, 0.3) is 0 Å². The number of pyridine rings is 1. The predicted octanol–water partition coefficient (Wildman–Crippen LogP) is 2.37. The van der Waals surface area contributed by atoms with Crippen LogP contribution in [0.4, 0.5) is 4.39 Å². The van der Waals surface area contributed by atoms with Crippen molar-refractivity contribution in [2.75, 3.05) is 13.2 Å². The Hall–Kier alpha value is -2.76. The molecule has 5 nitrogen and oxygen atoms in total. The molecule has 0 aliphatic rings. The number of nitrogens with zero attached hydrogens (tertiary/aromatic N) is 1. The minimum atomic E-state index is -0.562. The van der Waals surface area contributed by atoms with Gasteiger partial charge in [0.15, 0.2) is 0 Å². The molecule has 0 unspecified atom stereocenters. The first-order valence-electron chi connectivity index (χ1n) is 7.27. The second-order valence-corrected chi connectivity index (χ2v) is 4.76. The van der Waals surface area contributed by atoms with E-state index in [9.17, 15) is 14.0 Å². The van der Waals surface area contributed by atoms with Gasteiger partial charge in [0.25, 0.3) is 5.91 Å². The molecule has 1 aromatic heterocycles. The molecule has 0 aliphatic carbocycles. The Morgan fingerprint density at radius 2 is 1.83 bits per heavy atom. The summed E-state index contributed by atoms with van der Waals surface area (Å²) >= 11 is 0. The van der Waals surface area contributed by atoms with Gasteiger partial charge in [-0.05, 0) is 43.2 Å². The Morgan fingerprint density at radius 3 is 2.52 bits per heavy atom. The van der Waals surface area contributed by atoms with E-state index in [1.165, 1.54) is 24.3 Å². The topological polar surface area (TPSA) is 68.3 Å². The number of carbonyl (C=O) groups excluding carboxylic acids is 2. The molecule has 0 fully saturated rings. The number of nitrogens with one attached hydrogen (secondary N) is 1. The Morgan fingerprint density at radius 1 is 1.13 bits per heavy atom. The van der Waals surface area contributed by atoms with Crippen molar-refractivity contribution in [1.29, 1.82) is 0 Å². The number of halogens is 1. The van der Waals surface area contributed by atoms with Crippen LogP contribution < -0.4 is 5.32 Å². The second kappa shape index (κ2) is 8.03. The molecule has 1 aromatic carbocycles. The quantitative estimate of drug-likeness (QED) is 0.831.